The lowest BCUT2D eigenvalue weighted by Crippen LogP contribution is -2.05. The summed E-state index contributed by atoms with van der Waals surface area (Å²) < 4.78 is 9.93. The molecule has 0 bridgehead atoms. The number of carbonyl (C=O) groups is 1. The van der Waals surface area contributed by atoms with Crippen LogP contribution in [-0.4, -0.2) is 24.6 Å². The van der Waals surface area contributed by atoms with Crippen LogP contribution in [-0.2, 0) is 4.74 Å². The van der Waals surface area contributed by atoms with E-state index >= 15 is 0 Å². The molecule has 23 heavy (non-hydrogen) atoms. The van der Waals surface area contributed by atoms with E-state index in [1.165, 1.54) is 13.2 Å². The van der Waals surface area contributed by atoms with Gasteiger partial charge in [0.2, 0.25) is 0 Å². The van der Waals surface area contributed by atoms with Crippen molar-refractivity contribution in [2.75, 3.05) is 19.0 Å². The maximum atomic E-state index is 11.7. The Bertz CT molecular complexity index is 730. The van der Waals surface area contributed by atoms with Gasteiger partial charge < -0.3 is 14.8 Å². The van der Waals surface area contributed by atoms with Crippen LogP contribution in [0.1, 0.15) is 17.3 Å². The Morgan fingerprint density at radius 2 is 2.04 bits per heavy atom. The molecule has 0 aliphatic carbocycles. The minimum absolute atomic E-state index is 0.120. The van der Waals surface area contributed by atoms with Crippen molar-refractivity contribution in [1.29, 1.82) is 0 Å². The molecule has 120 valence electrons. The van der Waals surface area contributed by atoms with Gasteiger partial charge in [0.25, 0.3) is 5.69 Å². The van der Waals surface area contributed by atoms with Crippen LogP contribution in [0.5, 0.6) is 5.75 Å². The summed E-state index contributed by atoms with van der Waals surface area (Å²) in [7, 11) is 1.44. The van der Waals surface area contributed by atoms with Gasteiger partial charge in [-0.05, 0) is 37.3 Å². The van der Waals surface area contributed by atoms with Gasteiger partial charge in [0.1, 0.15) is 11.4 Å². The number of nitro groups is 1. The average molecular weight is 316 g/mol. The van der Waals surface area contributed by atoms with E-state index in [0.717, 1.165) is 0 Å². The summed E-state index contributed by atoms with van der Waals surface area (Å²) in [6, 6.07) is 11.1. The van der Waals surface area contributed by atoms with Crippen molar-refractivity contribution in [3.05, 3.63) is 58.1 Å². The van der Waals surface area contributed by atoms with Crippen molar-refractivity contribution in [2.24, 2.45) is 0 Å². The first-order chi connectivity index (χ1) is 11.0. The Morgan fingerprint density at radius 1 is 1.26 bits per heavy atom. The van der Waals surface area contributed by atoms with E-state index in [1.54, 1.807) is 43.3 Å². The van der Waals surface area contributed by atoms with E-state index in [2.05, 4.69) is 5.32 Å². The van der Waals surface area contributed by atoms with Gasteiger partial charge in [-0.2, -0.15) is 0 Å². The van der Waals surface area contributed by atoms with E-state index in [9.17, 15) is 14.9 Å². The average Bonchev–Trinajstić information content (AvgIpc) is 2.55. The zero-order valence-corrected chi connectivity index (χ0v) is 12.7. The highest BCUT2D eigenvalue weighted by atomic mass is 16.6. The van der Waals surface area contributed by atoms with E-state index in [1.807, 2.05) is 0 Å². The Kier molecular flexibility index (Phi) is 5.14. The Balaban J connectivity index is 2.30. The first-order valence-corrected chi connectivity index (χ1v) is 6.91. The highest BCUT2D eigenvalue weighted by Crippen LogP contribution is 2.31. The largest absolute Gasteiger partial charge is 0.496 e. The number of nitro benzene ring substituents is 1. The standard InChI is InChI=1S/C16H16N2O5/c1-3-23-16(19)11-5-4-6-12(9-11)17-14-8-7-13(22-2)10-15(14)18(20)21/h4-10,17H,3H2,1-2H3. The predicted octanol–water partition coefficient (Wildman–Crippen LogP) is 3.52. The van der Waals surface area contributed by atoms with Gasteiger partial charge in [-0.25, -0.2) is 4.79 Å². The molecule has 0 fully saturated rings. The number of hydrogen-bond donors (Lipinski definition) is 1. The fraction of sp³-hybridized carbons (Fsp3) is 0.188. The topological polar surface area (TPSA) is 90.7 Å². The second-order valence-electron chi connectivity index (χ2n) is 4.57. The molecule has 7 heteroatoms. The maximum Gasteiger partial charge on any atom is 0.338 e. The van der Waals surface area contributed by atoms with E-state index < -0.39 is 10.9 Å². The zero-order valence-electron chi connectivity index (χ0n) is 12.7. The highest BCUT2D eigenvalue weighted by molar-refractivity contribution is 5.91. The Morgan fingerprint density at radius 3 is 2.70 bits per heavy atom. The summed E-state index contributed by atoms with van der Waals surface area (Å²) in [4.78, 5) is 22.4. The number of methoxy groups -OCH3 is 1. The van der Waals surface area contributed by atoms with E-state index in [4.69, 9.17) is 9.47 Å². The van der Waals surface area contributed by atoms with Crippen LogP contribution in [0, 0.1) is 10.1 Å². The number of ether oxygens (including phenoxy) is 2. The Hall–Kier alpha value is -3.09. The molecular formula is C16H16N2O5. The molecule has 0 spiro atoms. The molecular weight excluding hydrogens is 300 g/mol. The van der Waals surface area contributed by atoms with Crippen LogP contribution in [0.4, 0.5) is 17.1 Å². The van der Waals surface area contributed by atoms with Crippen molar-refractivity contribution in [3.8, 4) is 5.75 Å². The second-order valence-corrected chi connectivity index (χ2v) is 4.57. The third kappa shape index (κ3) is 3.97. The number of benzene rings is 2. The third-order valence-corrected chi connectivity index (χ3v) is 3.05. The summed E-state index contributed by atoms with van der Waals surface area (Å²) in [6.45, 7) is 2.00. The van der Waals surface area contributed by atoms with Gasteiger partial charge in [0.05, 0.1) is 30.3 Å². The van der Waals surface area contributed by atoms with Crippen LogP contribution < -0.4 is 10.1 Å². The molecule has 2 aromatic carbocycles. The van der Waals surface area contributed by atoms with Gasteiger partial charge in [0, 0.05) is 5.69 Å². The molecule has 7 nitrogen and oxygen atoms in total. The number of esters is 1. The summed E-state index contributed by atoms with van der Waals surface area (Å²) in [5, 5.41) is 14.1. The first kappa shape index (κ1) is 16.3. The molecule has 0 saturated carbocycles. The smallest absolute Gasteiger partial charge is 0.338 e. The summed E-state index contributed by atoms with van der Waals surface area (Å²) >= 11 is 0. The fourth-order valence-corrected chi connectivity index (χ4v) is 1.99. The minimum atomic E-state index is -0.500. The number of anilines is 2. The second kappa shape index (κ2) is 7.26. The lowest BCUT2D eigenvalue weighted by atomic mass is 10.2. The normalized spacial score (nSPS) is 10.0. The molecule has 0 saturated heterocycles. The molecule has 0 aliphatic heterocycles. The monoisotopic (exact) mass is 316 g/mol. The van der Waals surface area contributed by atoms with Gasteiger partial charge in [-0.15, -0.1) is 0 Å². The number of nitrogens with zero attached hydrogens (tertiary/aromatic N) is 1. The van der Waals surface area contributed by atoms with Crippen molar-refractivity contribution in [1.82, 2.24) is 0 Å². The van der Waals surface area contributed by atoms with Crippen LogP contribution in [0.2, 0.25) is 0 Å². The highest BCUT2D eigenvalue weighted by Gasteiger charge is 2.16. The molecule has 1 N–H and O–H groups in total. The molecule has 0 aromatic heterocycles. The predicted molar refractivity (Wildman–Crippen MR) is 85.3 cm³/mol. The third-order valence-electron chi connectivity index (χ3n) is 3.05. The molecule has 2 aromatic rings. The molecule has 0 aliphatic rings. The molecule has 0 heterocycles. The summed E-state index contributed by atoms with van der Waals surface area (Å²) in [5.41, 5.74) is 1.10. The number of hydrogen-bond acceptors (Lipinski definition) is 6. The molecule has 0 amide bonds. The van der Waals surface area contributed by atoms with Gasteiger partial charge in [0.15, 0.2) is 0 Å². The van der Waals surface area contributed by atoms with Crippen LogP contribution in [0.3, 0.4) is 0 Å². The zero-order chi connectivity index (χ0) is 16.8. The van der Waals surface area contributed by atoms with Gasteiger partial charge in [-0.1, -0.05) is 6.07 Å². The molecule has 2 rings (SSSR count). The van der Waals surface area contributed by atoms with Crippen molar-refractivity contribution >= 4 is 23.0 Å². The molecule has 0 atom stereocenters. The van der Waals surface area contributed by atoms with Crippen LogP contribution in [0.25, 0.3) is 0 Å². The van der Waals surface area contributed by atoms with Crippen molar-refractivity contribution < 1.29 is 19.2 Å². The molecule has 0 radical (unpaired) electrons. The van der Waals surface area contributed by atoms with E-state index in [-0.39, 0.29) is 12.3 Å². The summed E-state index contributed by atoms with van der Waals surface area (Å²) in [6.07, 6.45) is 0. The number of carbonyl (C=O) groups excluding carboxylic acids is 1. The number of nitrogens with one attached hydrogen (secondary N) is 1. The van der Waals surface area contributed by atoms with Gasteiger partial charge >= 0.3 is 5.97 Å². The SMILES string of the molecule is CCOC(=O)c1cccc(Nc2ccc(OC)cc2[N+](=O)[O-])c1. The van der Waals surface area contributed by atoms with E-state index in [0.29, 0.717) is 22.7 Å². The van der Waals surface area contributed by atoms with Crippen LogP contribution in [0.15, 0.2) is 42.5 Å². The van der Waals surface area contributed by atoms with Gasteiger partial charge in [-0.3, -0.25) is 10.1 Å². The number of rotatable bonds is 6. The fourth-order valence-electron chi connectivity index (χ4n) is 1.99. The Labute approximate surface area is 133 Å². The molecule has 0 unspecified atom stereocenters. The maximum absolute atomic E-state index is 11.7. The van der Waals surface area contributed by atoms with Crippen molar-refractivity contribution in [3.63, 3.8) is 0 Å². The van der Waals surface area contributed by atoms with Crippen molar-refractivity contribution in [2.45, 2.75) is 6.92 Å². The lowest BCUT2D eigenvalue weighted by Gasteiger charge is -2.09. The first-order valence-electron chi connectivity index (χ1n) is 6.91. The quantitative estimate of drug-likeness (QED) is 0.498. The summed E-state index contributed by atoms with van der Waals surface area (Å²) in [5.74, 6) is -0.0529. The minimum Gasteiger partial charge on any atom is -0.496 e. The lowest BCUT2D eigenvalue weighted by molar-refractivity contribution is -0.384. The van der Waals surface area contributed by atoms with Crippen LogP contribution >= 0.6 is 0 Å².